The minimum atomic E-state index is -4.57. The van der Waals surface area contributed by atoms with Gasteiger partial charge < -0.3 is 4.74 Å². The Hall–Kier alpha value is -2.18. The second-order valence-corrected chi connectivity index (χ2v) is 9.15. The molecule has 1 aliphatic rings. The van der Waals surface area contributed by atoms with Crippen LogP contribution in [0.3, 0.4) is 0 Å². The quantitative estimate of drug-likeness (QED) is 0.506. The van der Waals surface area contributed by atoms with Crippen LogP contribution in [0.4, 0.5) is 13.2 Å². The number of carbonyl (C=O) groups excluding carboxylic acids is 2. The first-order valence-electron chi connectivity index (χ1n) is 9.98. The van der Waals surface area contributed by atoms with Crippen LogP contribution in [0, 0.1) is 0 Å². The van der Waals surface area contributed by atoms with E-state index in [2.05, 4.69) is 0 Å². The first kappa shape index (κ1) is 23.5. The largest absolute Gasteiger partial charge is 0.417 e. The van der Waals surface area contributed by atoms with Gasteiger partial charge >= 0.3 is 6.18 Å². The molecule has 0 saturated carbocycles. The monoisotopic (exact) mass is 452 g/mol. The Morgan fingerprint density at radius 1 is 0.935 bits per heavy atom. The van der Waals surface area contributed by atoms with Gasteiger partial charge in [0.25, 0.3) is 0 Å². The Morgan fingerprint density at radius 2 is 1.45 bits per heavy atom. The Kier molecular flexibility index (Phi) is 5.87. The summed E-state index contributed by atoms with van der Waals surface area (Å²) in [4.78, 5) is 26.2. The van der Waals surface area contributed by atoms with Gasteiger partial charge in [0.2, 0.25) is 0 Å². The number of hydrogen-bond donors (Lipinski definition) is 0. The lowest BCUT2D eigenvalue weighted by molar-refractivity contribution is -0.184. The van der Waals surface area contributed by atoms with Crippen LogP contribution in [-0.2, 0) is 26.9 Å². The third kappa shape index (κ3) is 4.28. The first-order chi connectivity index (χ1) is 14.2. The summed E-state index contributed by atoms with van der Waals surface area (Å²) in [6.07, 6.45) is -4.07. The van der Waals surface area contributed by atoms with E-state index >= 15 is 0 Å². The molecule has 1 heterocycles. The van der Waals surface area contributed by atoms with Crippen molar-refractivity contribution in [1.29, 1.82) is 0 Å². The molecule has 2 aromatic carbocycles. The molecular formula is C24H24ClF3O3. The molecule has 0 aliphatic carbocycles. The van der Waals surface area contributed by atoms with E-state index < -0.39 is 28.9 Å². The smallest absolute Gasteiger partial charge is 0.354 e. The molecule has 2 aromatic rings. The van der Waals surface area contributed by atoms with Gasteiger partial charge in [-0.15, -0.1) is 0 Å². The molecule has 0 unspecified atom stereocenters. The van der Waals surface area contributed by atoms with Crippen LogP contribution in [-0.4, -0.2) is 22.8 Å². The first-order valence-corrected chi connectivity index (χ1v) is 10.4. The summed E-state index contributed by atoms with van der Waals surface area (Å²) in [6.45, 7) is 8.44. The van der Waals surface area contributed by atoms with Crippen LogP contribution >= 0.6 is 11.6 Å². The minimum Gasteiger partial charge on any atom is -0.354 e. The van der Waals surface area contributed by atoms with E-state index in [9.17, 15) is 22.8 Å². The van der Waals surface area contributed by atoms with Crippen molar-refractivity contribution in [3.8, 4) is 11.1 Å². The summed E-state index contributed by atoms with van der Waals surface area (Å²) >= 11 is 5.73. The number of alkyl halides is 3. The molecule has 1 fully saturated rings. The Labute approximate surface area is 184 Å². The average molecular weight is 453 g/mol. The summed E-state index contributed by atoms with van der Waals surface area (Å²) in [5.74, 6) is -1.64. The SMILES string of the molecule is CCc1cc(-c2ccc(Cl)c(C(F)(F)F)c2)ccc1C1C(=O)C(C)(C)OC(C)(C)C1=O. The zero-order chi connectivity index (χ0) is 23.4. The topological polar surface area (TPSA) is 43.4 Å². The number of benzene rings is 2. The van der Waals surface area contributed by atoms with E-state index in [1.165, 1.54) is 12.1 Å². The van der Waals surface area contributed by atoms with E-state index in [0.29, 0.717) is 23.1 Å². The van der Waals surface area contributed by atoms with E-state index in [0.717, 1.165) is 11.6 Å². The molecule has 7 heteroatoms. The second-order valence-electron chi connectivity index (χ2n) is 8.74. The van der Waals surface area contributed by atoms with Gasteiger partial charge in [-0.2, -0.15) is 13.2 Å². The van der Waals surface area contributed by atoms with E-state index in [4.69, 9.17) is 16.3 Å². The van der Waals surface area contributed by atoms with Gasteiger partial charge in [-0.25, -0.2) is 0 Å². The predicted molar refractivity (Wildman–Crippen MR) is 113 cm³/mol. The van der Waals surface area contributed by atoms with Crippen molar-refractivity contribution >= 4 is 23.2 Å². The maximum Gasteiger partial charge on any atom is 0.417 e. The van der Waals surface area contributed by atoms with Crippen molar-refractivity contribution < 1.29 is 27.5 Å². The van der Waals surface area contributed by atoms with E-state index in [1.54, 1.807) is 45.9 Å². The van der Waals surface area contributed by atoms with Gasteiger partial charge in [0.1, 0.15) is 17.1 Å². The Bertz CT molecular complexity index is 1030. The van der Waals surface area contributed by atoms with Crippen molar-refractivity contribution in [2.24, 2.45) is 0 Å². The third-order valence-electron chi connectivity index (χ3n) is 5.66. The van der Waals surface area contributed by atoms with Gasteiger partial charge in [0, 0.05) is 0 Å². The number of ether oxygens (including phenoxy) is 1. The molecule has 3 rings (SSSR count). The fourth-order valence-corrected chi connectivity index (χ4v) is 4.36. The zero-order valence-corrected chi connectivity index (χ0v) is 18.7. The highest BCUT2D eigenvalue weighted by atomic mass is 35.5. The number of Topliss-reactive ketones (excluding diaryl/α,β-unsaturated/α-hetero) is 2. The van der Waals surface area contributed by atoms with Crippen LogP contribution in [0.1, 0.15) is 57.2 Å². The normalized spacial score (nSPS) is 19.0. The molecule has 0 aromatic heterocycles. The summed E-state index contributed by atoms with van der Waals surface area (Å²) in [7, 11) is 0. The minimum absolute atomic E-state index is 0.329. The fourth-order valence-electron chi connectivity index (χ4n) is 4.13. The molecule has 1 aliphatic heterocycles. The lowest BCUT2D eigenvalue weighted by Crippen LogP contribution is -2.58. The summed E-state index contributed by atoms with van der Waals surface area (Å²) < 4.78 is 45.5. The van der Waals surface area contributed by atoms with Crippen molar-refractivity contribution in [2.45, 2.75) is 64.3 Å². The average Bonchev–Trinajstić information content (AvgIpc) is 2.66. The number of aryl methyl sites for hydroxylation is 1. The highest BCUT2D eigenvalue weighted by Gasteiger charge is 2.53. The third-order valence-corrected chi connectivity index (χ3v) is 5.99. The lowest BCUT2D eigenvalue weighted by Gasteiger charge is -2.43. The van der Waals surface area contributed by atoms with Crippen LogP contribution < -0.4 is 0 Å². The summed E-state index contributed by atoms with van der Waals surface area (Å²) in [5.41, 5.74) is -0.992. The van der Waals surface area contributed by atoms with Gasteiger partial charge in [-0.1, -0.05) is 42.8 Å². The molecule has 1 saturated heterocycles. The molecule has 166 valence electrons. The predicted octanol–water partition coefficient (Wildman–Crippen LogP) is 6.40. The number of carbonyl (C=O) groups is 2. The van der Waals surface area contributed by atoms with Gasteiger partial charge in [-0.3, -0.25) is 9.59 Å². The van der Waals surface area contributed by atoms with Crippen molar-refractivity contribution in [2.75, 3.05) is 0 Å². The molecule has 3 nitrogen and oxygen atoms in total. The Morgan fingerprint density at radius 3 is 1.97 bits per heavy atom. The highest BCUT2D eigenvalue weighted by Crippen LogP contribution is 2.41. The van der Waals surface area contributed by atoms with Crippen LogP contribution in [0.5, 0.6) is 0 Å². The molecule has 0 spiro atoms. The van der Waals surface area contributed by atoms with Crippen molar-refractivity contribution in [1.82, 2.24) is 0 Å². The molecule has 0 N–H and O–H groups in total. The molecule has 0 amide bonds. The molecular weight excluding hydrogens is 429 g/mol. The van der Waals surface area contributed by atoms with E-state index in [-0.39, 0.29) is 16.6 Å². The number of hydrogen-bond acceptors (Lipinski definition) is 3. The highest BCUT2D eigenvalue weighted by molar-refractivity contribution is 6.31. The van der Waals surface area contributed by atoms with Gasteiger partial charge in [0.05, 0.1) is 10.6 Å². The molecule has 0 atom stereocenters. The second kappa shape index (κ2) is 7.75. The summed E-state index contributed by atoms with van der Waals surface area (Å²) in [6, 6.07) is 8.77. The molecule has 0 radical (unpaired) electrons. The zero-order valence-electron chi connectivity index (χ0n) is 18.0. The summed E-state index contributed by atoms with van der Waals surface area (Å²) in [5, 5.41) is -0.369. The van der Waals surface area contributed by atoms with Crippen LogP contribution in [0.15, 0.2) is 36.4 Å². The van der Waals surface area contributed by atoms with Crippen LogP contribution in [0.2, 0.25) is 5.02 Å². The lowest BCUT2D eigenvalue weighted by atomic mass is 9.73. The van der Waals surface area contributed by atoms with Crippen molar-refractivity contribution in [3.63, 3.8) is 0 Å². The van der Waals surface area contributed by atoms with Crippen LogP contribution in [0.25, 0.3) is 11.1 Å². The maximum absolute atomic E-state index is 13.3. The van der Waals surface area contributed by atoms with Gasteiger partial charge in [-0.05, 0) is 68.5 Å². The number of halogens is 4. The maximum atomic E-state index is 13.3. The molecule has 31 heavy (non-hydrogen) atoms. The van der Waals surface area contributed by atoms with Crippen molar-refractivity contribution in [3.05, 3.63) is 58.1 Å². The number of ketones is 2. The molecule has 0 bridgehead atoms. The van der Waals surface area contributed by atoms with Gasteiger partial charge in [0.15, 0.2) is 11.6 Å². The standard InChI is InChI=1S/C24H24ClF3O3/c1-6-13-11-14(15-8-10-18(25)17(12-15)24(26,27)28)7-9-16(13)19-20(29)22(2,3)31-23(4,5)21(19)30/h7-12,19H,6H2,1-5H3. The number of rotatable bonds is 3. The fraction of sp³-hybridized carbons (Fsp3) is 0.417. The Balaban J connectivity index is 2.11. The van der Waals surface area contributed by atoms with E-state index in [1.807, 2.05) is 6.92 Å².